The van der Waals surface area contributed by atoms with Gasteiger partial charge in [-0.15, -0.1) is 0 Å². The van der Waals surface area contributed by atoms with Crippen molar-refractivity contribution >= 4 is 22.5 Å². The van der Waals surface area contributed by atoms with Crippen molar-refractivity contribution in [3.05, 3.63) is 65.4 Å². The molecule has 7 nitrogen and oxygen atoms in total. The Morgan fingerprint density at radius 3 is 2.74 bits per heavy atom. The fraction of sp³-hybridized carbons (Fsp3) is 0.429. The van der Waals surface area contributed by atoms with Crippen LogP contribution in [0, 0.1) is 6.92 Å². The highest BCUT2D eigenvalue weighted by Crippen LogP contribution is 2.26. The summed E-state index contributed by atoms with van der Waals surface area (Å²) in [6.07, 6.45) is 6.83. The summed E-state index contributed by atoms with van der Waals surface area (Å²) in [4.78, 5) is 17.5. The number of rotatable bonds is 8. The standard InChI is InChI=1S/C28H33N3O4/c1-18-24(31-28(33)20-7-10-22(11-8-20)35-17-23-4-3-13-34-23)12-9-21-14-19(16-30-27(18)21)15-29-25-5-2-6-26(25)32/h7-12,14,16,23,25-26,29,32H,2-6,13,15,17H2,1H3,(H,31,33)/t23?,25-,26?/m0/s1. The molecule has 35 heavy (non-hydrogen) atoms. The van der Waals surface area contributed by atoms with Crippen molar-refractivity contribution in [1.82, 2.24) is 10.3 Å². The number of aromatic nitrogens is 1. The van der Waals surface area contributed by atoms with E-state index in [1.165, 1.54) is 0 Å². The quantitative estimate of drug-likeness (QED) is 0.448. The molecule has 1 amide bonds. The number of fused-ring (bicyclic) bond motifs is 1. The van der Waals surface area contributed by atoms with E-state index in [4.69, 9.17) is 9.47 Å². The lowest BCUT2D eigenvalue weighted by molar-refractivity contribution is 0.0679. The van der Waals surface area contributed by atoms with Gasteiger partial charge in [-0.05, 0) is 86.6 Å². The molecule has 3 atom stereocenters. The van der Waals surface area contributed by atoms with Crippen LogP contribution in [-0.2, 0) is 11.3 Å². The highest BCUT2D eigenvalue weighted by atomic mass is 16.5. The summed E-state index contributed by atoms with van der Waals surface area (Å²) in [7, 11) is 0. The van der Waals surface area contributed by atoms with Crippen molar-refractivity contribution in [2.45, 2.75) is 63.8 Å². The number of hydrogen-bond acceptors (Lipinski definition) is 6. The lowest BCUT2D eigenvalue weighted by atomic mass is 10.1. The fourth-order valence-corrected chi connectivity index (χ4v) is 4.91. The Morgan fingerprint density at radius 1 is 1.14 bits per heavy atom. The Kier molecular flexibility index (Phi) is 7.27. The number of benzene rings is 2. The summed E-state index contributed by atoms with van der Waals surface area (Å²) in [5, 5.41) is 17.5. The fourth-order valence-electron chi connectivity index (χ4n) is 4.91. The number of hydrogen-bond donors (Lipinski definition) is 3. The minimum absolute atomic E-state index is 0.159. The Labute approximate surface area is 205 Å². The van der Waals surface area contributed by atoms with E-state index >= 15 is 0 Å². The summed E-state index contributed by atoms with van der Waals surface area (Å²) < 4.78 is 11.4. The van der Waals surface area contributed by atoms with Crippen molar-refractivity contribution in [2.75, 3.05) is 18.5 Å². The number of ether oxygens (including phenoxy) is 2. The molecule has 2 aromatic carbocycles. The number of aliphatic hydroxyl groups is 1. The number of nitrogens with zero attached hydrogens (tertiary/aromatic N) is 1. The topological polar surface area (TPSA) is 92.7 Å². The van der Waals surface area contributed by atoms with Crippen LogP contribution in [0.15, 0.2) is 48.7 Å². The molecular weight excluding hydrogens is 442 g/mol. The summed E-state index contributed by atoms with van der Waals surface area (Å²) in [6, 6.07) is 13.4. The molecule has 2 heterocycles. The van der Waals surface area contributed by atoms with E-state index in [1.807, 2.05) is 37.4 Å². The molecule has 5 rings (SSSR count). The predicted octanol–water partition coefficient (Wildman–Crippen LogP) is 4.36. The van der Waals surface area contributed by atoms with Crippen molar-refractivity contribution in [2.24, 2.45) is 0 Å². The third-order valence-corrected chi connectivity index (χ3v) is 7.04. The van der Waals surface area contributed by atoms with Gasteiger partial charge < -0.3 is 25.2 Å². The summed E-state index contributed by atoms with van der Waals surface area (Å²) in [5.41, 5.74) is 4.18. The molecule has 2 aliphatic rings. The average Bonchev–Trinajstić information content (AvgIpc) is 3.55. The molecule has 1 saturated heterocycles. The minimum Gasteiger partial charge on any atom is -0.491 e. The lowest BCUT2D eigenvalue weighted by Gasteiger charge is -2.17. The van der Waals surface area contributed by atoms with Crippen LogP contribution in [0.1, 0.15) is 53.6 Å². The van der Waals surface area contributed by atoms with Crippen LogP contribution in [-0.4, -0.2) is 47.5 Å². The number of anilines is 1. The SMILES string of the molecule is Cc1c(NC(=O)c2ccc(OCC3CCCO3)cc2)ccc2cc(CN[C@H]3CCCC3O)cnc12. The zero-order valence-electron chi connectivity index (χ0n) is 20.1. The van der Waals surface area contributed by atoms with Gasteiger partial charge in [0.15, 0.2) is 0 Å². The Balaban J connectivity index is 1.21. The third-order valence-electron chi connectivity index (χ3n) is 7.04. The number of carbonyl (C=O) groups is 1. The Morgan fingerprint density at radius 2 is 2.00 bits per heavy atom. The number of nitrogens with one attached hydrogen (secondary N) is 2. The van der Waals surface area contributed by atoms with E-state index in [9.17, 15) is 9.90 Å². The monoisotopic (exact) mass is 475 g/mol. The summed E-state index contributed by atoms with van der Waals surface area (Å²) >= 11 is 0. The molecule has 2 fully saturated rings. The van der Waals surface area contributed by atoms with E-state index in [-0.39, 0.29) is 24.2 Å². The first-order valence-electron chi connectivity index (χ1n) is 12.5. The highest BCUT2D eigenvalue weighted by Gasteiger charge is 2.24. The molecule has 1 aromatic heterocycles. The molecule has 2 unspecified atom stereocenters. The second kappa shape index (κ2) is 10.7. The lowest BCUT2D eigenvalue weighted by Crippen LogP contribution is -2.35. The molecule has 184 valence electrons. The van der Waals surface area contributed by atoms with Gasteiger partial charge in [0, 0.05) is 42.0 Å². The second-order valence-corrected chi connectivity index (χ2v) is 9.56. The molecule has 0 spiro atoms. The Bertz CT molecular complexity index is 1170. The maximum absolute atomic E-state index is 12.9. The maximum atomic E-state index is 12.9. The molecule has 1 aliphatic heterocycles. The zero-order chi connectivity index (χ0) is 24.2. The van der Waals surface area contributed by atoms with E-state index < -0.39 is 0 Å². The molecule has 3 N–H and O–H groups in total. The first-order valence-corrected chi connectivity index (χ1v) is 12.5. The first kappa shape index (κ1) is 23.7. The summed E-state index contributed by atoms with van der Waals surface area (Å²) in [6.45, 7) is 3.99. The van der Waals surface area contributed by atoms with Crippen LogP contribution >= 0.6 is 0 Å². The maximum Gasteiger partial charge on any atom is 0.255 e. The van der Waals surface area contributed by atoms with E-state index in [0.29, 0.717) is 18.7 Å². The molecule has 7 heteroatoms. The van der Waals surface area contributed by atoms with Gasteiger partial charge in [-0.1, -0.05) is 6.07 Å². The molecule has 1 aliphatic carbocycles. The molecule has 0 radical (unpaired) electrons. The van der Waals surface area contributed by atoms with Crippen molar-refractivity contribution < 1.29 is 19.4 Å². The van der Waals surface area contributed by atoms with Crippen LogP contribution in [0.5, 0.6) is 5.75 Å². The van der Waals surface area contributed by atoms with E-state index in [2.05, 4.69) is 21.7 Å². The van der Waals surface area contributed by atoms with Gasteiger partial charge in [0.05, 0.1) is 17.7 Å². The minimum atomic E-state index is -0.257. The number of carbonyl (C=O) groups excluding carboxylic acids is 1. The Hall–Kier alpha value is -3.00. The number of pyridine rings is 1. The second-order valence-electron chi connectivity index (χ2n) is 9.56. The molecular formula is C28H33N3O4. The third kappa shape index (κ3) is 5.64. The van der Waals surface area contributed by atoms with E-state index in [1.54, 1.807) is 12.1 Å². The highest BCUT2D eigenvalue weighted by molar-refractivity contribution is 6.06. The summed E-state index contributed by atoms with van der Waals surface area (Å²) in [5.74, 6) is 0.560. The van der Waals surface area contributed by atoms with Crippen molar-refractivity contribution in [3.63, 3.8) is 0 Å². The van der Waals surface area contributed by atoms with Gasteiger partial charge in [-0.2, -0.15) is 0 Å². The zero-order valence-corrected chi connectivity index (χ0v) is 20.1. The van der Waals surface area contributed by atoms with Crippen molar-refractivity contribution in [3.8, 4) is 5.75 Å². The van der Waals surface area contributed by atoms with Crippen molar-refractivity contribution in [1.29, 1.82) is 0 Å². The predicted molar refractivity (Wildman–Crippen MR) is 136 cm³/mol. The van der Waals surface area contributed by atoms with E-state index in [0.717, 1.165) is 72.2 Å². The van der Waals surface area contributed by atoms with Crippen LogP contribution in [0.25, 0.3) is 10.9 Å². The number of amides is 1. The van der Waals surface area contributed by atoms with Gasteiger partial charge >= 0.3 is 0 Å². The molecule has 0 bridgehead atoms. The van der Waals surface area contributed by atoms with Crippen LogP contribution in [0.4, 0.5) is 5.69 Å². The molecule has 3 aromatic rings. The number of aryl methyl sites for hydroxylation is 1. The first-order chi connectivity index (χ1) is 17.1. The molecule has 1 saturated carbocycles. The van der Waals surface area contributed by atoms with Gasteiger partial charge in [0.25, 0.3) is 5.91 Å². The van der Waals surface area contributed by atoms with Gasteiger partial charge in [0.2, 0.25) is 0 Å². The number of aliphatic hydroxyl groups excluding tert-OH is 1. The smallest absolute Gasteiger partial charge is 0.255 e. The average molecular weight is 476 g/mol. The largest absolute Gasteiger partial charge is 0.491 e. The normalized spacial score (nSPS) is 21.9. The van der Waals surface area contributed by atoms with Crippen LogP contribution < -0.4 is 15.4 Å². The van der Waals surface area contributed by atoms with Gasteiger partial charge in [0.1, 0.15) is 12.4 Å². The van der Waals surface area contributed by atoms with Crippen LogP contribution in [0.3, 0.4) is 0 Å². The van der Waals surface area contributed by atoms with Gasteiger partial charge in [-0.3, -0.25) is 9.78 Å². The van der Waals surface area contributed by atoms with Gasteiger partial charge in [-0.25, -0.2) is 0 Å². The van der Waals surface area contributed by atoms with Crippen LogP contribution in [0.2, 0.25) is 0 Å².